The molecule has 154 valence electrons. The summed E-state index contributed by atoms with van der Waals surface area (Å²) in [4.78, 5) is 14.8. The third-order valence-corrected chi connectivity index (χ3v) is 5.90. The monoisotopic (exact) mass is 469 g/mol. The lowest BCUT2D eigenvalue weighted by Crippen LogP contribution is -2.39. The van der Waals surface area contributed by atoms with E-state index in [0.29, 0.717) is 29.8 Å². The van der Waals surface area contributed by atoms with E-state index in [-0.39, 0.29) is 12.4 Å². The molecule has 3 aromatic rings. The van der Waals surface area contributed by atoms with Gasteiger partial charge >= 0.3 is 6.09 Å². The average Bonchev–Trinajstić information content (AvgIpc) is 2.77. The number of methoxy groups -OCH3 is 1. The minimum absolute atomic E-state index is 0.142. The van der Waals surface area contributed by atoms with E-state index in [9.17, 15) is 9.18 Å². The molecular formula is C24H21BrFNO3. The summed E-state index contributed by atoms with van der Waals surface area (Å²) in [5, 5.41) is 0. The highest BCUT2D eigenvalue weighted by Gasteiger charge is 2.35. The van der Waals surface area contributed by atoms with Crippen molar-refractivity contribution in [3.63, 3.8) is 0 Å². The second-order valence-corrected chi connectivity index (χ2v) is 7.96. The van der Waals surface area contributed by atoms with Gasteiger partial charge < -0.3 is 9.47 Å². The normalized spacial score (nSPS) is 15.4. The Balaban J connectivity index is 1.72. The summed E-state index contributed by atoms with van der Waals surface area (Å²) in [6.07, 6.45) is 0.782. The van der Waals surface area contributed by atoms with Crippen molar-refractivity contribution in [1.29, 1.82) is 0 Å². The number of benzene rings is 3. The Morgan fingerprint density at radius 2 is 1.87 bits per heavy atom. The van der Waals surface area contributed by atoms with Crippen molar-refractivity contribution in [2.24, 2.45) is 0 Å². The van der Waals surface area contributed by atoms with Crippen LogP contribution in [-0.4, -0.2) is 13.2 Å². The molecule has 1 aliphatic rings. The quantitative estimate of drug-likeness (QED) is 0.441. The summed E-state index contributed by atoms with van der Waals surface area (Å²) in [6.45, 7) is 0.142. The SMILES string of the molecule is COc1cc2c(cc1Br)CCC(c1ccccc1F)N2C(=O)OCc1ccccc1. The van der Waals surface area contributed by atoms with Gasteiger partial charge in [0.2, 0.25) is 0 Å². The first kappa shape index (κ1) is 20.4. The van der Waals surface area contributed by atoms with Crippen LogP contribution in [0.2, 0.25) is 0 Å². The lowest BCUT2D eigenvalue weighted by atomic mass is 9.91. The van der Waals surface area contributed by atoms with Gasteiger partial charge in [0.25, 0.3) is 0 Å². The van der Waals surface area contributed by atoms with Crippen LogP contribution in [0, 0.1) is 5.82 Å². The second kappa shape index (κ2) is 8.88. The molecule has 6 heteroatoms. The van der Waals surface area contributed by atoms with E-state index in [0.717, 1.165) is 15.6 Å². The Hall–Kier alpha value is -2.86. The van der Waals surface area contributed by atoms with Gasteiger partial charge in [-0.2, -0.15) is 0 Å². The largest absolute Gasteiger partial charge is 0.495 e. The Morgan fingerprint density at radius 1 is 1.13 bits per heavy atom. The predicted molar refractivity (Wildman–Crippen MR) is 117 cm³/mol. The van der Waals surface area contributed by atoms with Gasteiger partial charge in [-0.1, -0.05) is 48.5 Å². The maximum atomic E-state index is 14.6. The van der Waals surface area contributed by atoms with Gasteiger partial charge in [-0.3, -0.25) is 4.90 Å². The van der Waals surface area contributed by atoms with Crippen LogP contribution in [-0.2, 0) is 17.8 Å². The molecule has 30 heavy (non-hydrogen) atoms. The average molecular weight is 470 g/mol. The Kier molecular flexibility index (Phi) is 6.04. The minimum Gasteiger partial charge on any atom is -0.495 e. The molecular weight excluding hydrogens is 449 g/mol. The number of aryl methyl sites for hydroxylation is 1. The molecule has 0 spiro atoms. The molecule has 1 aliphatic heterocycles. The van der Waals surface area contributed by atoms with E-state index in [1.54, 1.807) is 36.3 Å². The Bertz CT molecular complexity index is 1060. The van der Waals surface area contributed by atoms with Crippen molar-refractivity contribution < 1.29 is 18.7 Å². The topological polar surface area (TPSA) is 38.8 Å². The van der Waals surface area contributed by atoms with Gasteiger partial charge in [0.1, 0.15) is 18.2 Å². The number of rotatable bonds is 4. The van der Waals surface area contributed by atoms with Crippen LogP contribution in [0.15, 0.2) is 71.2 Å². The molecule has 1 amide bonds. The van der Waals surface area contributed by atoms with Crippen molar-refractivity contribution >= 4 is 27.7 Å². The van der Waals surface area contributed by atoms with Gasteiger partial charge in [0.15, 0.2) is 0 Å². The number of anilines is 1. The molecule has 0 aromatic heterocycles. The van der Waals surface area contributed by atoms with Gasteiger partial charge in [0, 0.05) is 11.6 Å². The van der Waals surface area contributed by atoms with E-state index >= 15 is 0 Å². The maximum absolute atomic E-state index is 14.6. The predicted octanol–water partition coefficient (Wildman–Crippen LogP) is 6.43. The molecule has 0 N–H and O–H groups in total. The molecule has 0 bridgehead atoms. The fourth-order valence-corrected chi connectivity index (χ4v) is 4.36. The van der Waals surface area contributed by atoms with Crippen LogP contribution in [0.1, 0.15) is 29.2 Å². The number of halogens is 2. The van der Waals surface area contributed by atoms with Crippen LogP contribution in [0.5, 0.6) is 5.75 Å². The molecule has 0 fully saturated rings. The number of nitrogens with zero attached hydrogens (tertiary/aromatic N) is 1. The van der Waals surface area contributed by atoms with E-state index in [1.165, 1.54) is 6.07 Å². The zero-order chi connectivity index (χ0) is 21.1. The Morgan fingerprint density at radius 3 is 2.60 bits per heavy atom. The Labute approximate surface area is 183 Å². The van der Waals surface area contributed by atoms with Gasteiger partial charge in [-0.05, 0) is 52.0 Å². The third kappa shape index (κ3) is 4.05. The lowest BCUT2D eigenvalue weighted by Gasteiger charge is -2.37. The van der Waals surface area contributed by atoms with E-state index in [1.807, 2.05) is 36.4 Å². The minimum atomic E-state index is -0.516. The number of ether oxygens (including phenoxy) is 2. The van der Waals surface area contributed by atoms with Gasteiger partial charge in [-0.15, -0.1) is 0 Å². The van der Waals surface area contributed by atoms with Crippen LogP contribution >= 0.6 is 15.9 Å². The summed E-state index contributed by atoms with van der Waals surface area (Å²) >= 11 is 3.51. The maximum Gasteiger partial charge on any atom is 0.415 e. The van der Waals surface area contributed by atoms with Crippen LogP contribution in [0.25, 0.3) is 0 Å². The number of carbonyl (C=O) groups is 1. The number of hydrogen-bond acceptors (Lipinski definition) is 3. The smallest absolute Gasteiger partial charge is 0.415 e. The molecule has 1 atom stereocenters. The lowest BCUT2D eigenvalue weighted by molar-refractivity contribution is 0.143. The first-order valence-corrected chi connectivity index (χ1v) is 10.5. The van der Waals surface area contributed by atoms with Crippen LogP contribution in [0.4, 0.5) is 14.9 Å². The molecule has 4 nitrogen and oxygen atoms in total. The number of carbonyl (C=O) groups excluding carboxylic acids is 1. The fourth-order valence-electron chi connectivity index (χ4n) is 3.81. The molecule has 0 aliphatic carbocycles. The summed E-state index contributed by atoms with van der Waals surface area (Å²) in [5.41, 5.74) is 3.01. The second-order valence-electron chi connectivity index (χ2n) is 7.10. The van der Waals surface area contributed by atoms with E-state index in [2.05, 4.69) is 15.9 Å². The van der Waals surface area contributed by atoms with E-state index < -0.39 is 12.1 Å². The van der Waals surface area contributed by atoms with Crippen molar-refractivity contribution in [2.45, 2.75) is 25.5 Å². The summed E-state index contributed by atoms with van der Waals surface area (Å²) < 4.78 is 26.5. The highest BCUT2D eigenvalue weighted by molar-refractivity contribution is 9.10. The van der Waals surface area contributed by atoms with Crippen molar-refractivity contribution in [1.82, 2.24) is 0 Å². The highest BCUT2D eigenvalue weighted by atomic mass is 79.9. The molecule has 0 saturated heterocycles. The third-order valence-electron chi connectivity index (χ3n) is 5.28. The number of amides is 1. The number of hydrogen-bond donors (Lipinski definition) is 0. The summed E-state index contributed by atoms with van der Waals surface area (Å²) in [7, 11) is 1.57. The number of fused-ring (bicyclic) bond motifs is 1. The molecule has 0 radical (unpaired) electrons. The van der Waals surface area contributed by atoms with Gasteiger partial charge in [-0.25, -0.2) is 9.18 Å². The highest BCUT2D eigenvalue weighted by Crippen LogP contribution is 2.43. The fraction of sp³-hybridized carbons (Fsp3) is 0.208. The van der Waals surface area contributed by atoms with Crippen molar-refractivity contribution in [3.8, 4) is 5.75 Å². The summed E-state index contributed by atoms with van der Waals surface area (Å²) in [6, 6.07) is 19.3. The molecule has 1 unspecified atom stereocenters. The van der Waals surface area contributed by atoms with Gasteiger partial charge in [0.05, 0.1) is 23.3 Å². The van der Waals surface area contributed by atoms with Crippen molar-refractivity contribution in [3.05, 3.63) is 93.7 Å². The van der Waals surface area contributed by atoms with Crippen LogP contribution < -0.4 is 9.64 Å². The molecule has 0 saturated carbocycles. The standard InChI is InChI=1S/C24H21BrFNO3/c1-29-23-14-22-17(13-19(23)25)11-12-21(18-9-5-6-10-20(18)26)27(22)24(28)30-15-16-7-3-2-4-8-16/h2-10,13-14,21H,11-12,15H2,1H3. The zero-order valence-electron chi connectivity index (χ0n) is 16.5. The zero-order valence-corrected chi connectivity index (χ0v) is 18.1. The first-order valence-electron chi connectivity index (χ1n) is 9.69. The first-order chi connectivity index (χ1) is 14.6. The van der Waals surface area contributed by atoms with E-state index in [4.69, 9.17) is 9.47 Å². The molecule has 3 aromatic carbocycles. The van der Waals surface area contributed by atoms with Crippen molar-refractivity contribution in [2.75, 3.05) is 12.0 Å². The summed E-state index contributed by atoms with van der Waals surface area (Å²) in [5.74, 6) is 0.264. The molecule has 4 rings (SSSR count). The molecule has 1 heterocycles. The van der Waals surface area contributed by atoms with Crippen LogP contribution in [0.3, 0.4) is 0 Å².